The summed E-state index contributed by atoms with van der Waals surface area (Å²) in [4.78, 5) is 15.3. The van der Waals surface area contributed by atoms with Gasteiger partial charge in [0.05, 0.1) is 18.1 Å². The summed E-state index contributed by atoms with van der Waals surface area (Å²) < 4.78 is 32.7. The molecule has 6 nitrogen and oxygen atoms in total. The molecule has 2 aliphatic heterocycles. The van der Waals surface area contributed by atoms with E-state index >= 15 is 0 Å². The number of para-hydroxylation sites is 1. The third-order valence-corrected chi connectivity index (χ3v) is 7.37. The van der Waals surface area contributed by atoms with E-state index in [0.29, 0.717) is 31.9 Å². The van der Waals surface area contributed by atoms with Gasteiger partial charge < -0.3 is 9.64 Å². The first kappa shape index (κ1) is 19.1. The van der Waals surface area contributed by atoms with Crippen molar-refractivity contribution in [3.8, 4) is 0 Å². The number of aryl methyl sites for hydroxylation is 1. The molecule has 148 valence electrons. The first-order chi connectivity index (χ1) is 13.4. The Balaban J connectivity index is 1.71. The number of fused-ring (bicyclic) bond motifs is 1. The molecule has 1 amide bonds. The summed E-state index contributed by atoms with van der Waals surface area (Å²) in [5, 5.41) is 0. The second kappa shape index (κ2) is 7.31. The lowest BCUT2D eigenvalue weighted by atomic mass is 10.1. The van der Waals surface area contributed by atoms with Crippen molar-refractivity contribution in [3.63, 3.8) is 0 Å². The van der Waals surface area contributed by atoms with Crippen LogP contribution < -0.4 is 4.90 Å². The number of benzene rings is 2. The Kier molecular flexibility index (Phi) is 4.99. The van der Waals surface area contributed by atoms with E-state index in [2.05, 4.69) is 0 Å². The third kappa shape index (κ3) is 3.23. The molecule has 0 aliphatic carbocycles. The average molecular weight is 401 g/mol. The van der Waals surface area contributed by atoms with Crippen molar-refractivity contribution >= 4 is 21.6 Å². The van der Waals surface area contributed by atoms with E-state index in [1.807, 2.05) is 38.1 Å². The predicted octanol–water partition coefficient (Wildman–Crippen LogP) is 2.61. The smallest absolute Gasteiger partial charge is 0.258 e. The number of rotatable bonds is 3. The van der Waals surface area contributed by atoms with Gasteiger partial charge in [0.1, 0.15) is 0 Å². The Morgan fingerprint density at radius 3 is 2.57 bits per heavy atom. The number of amides is 1. The zero-order chi connectivity index (χ0) is 19.9. The largest absolute Gasteiger partial charge is 0.379 e. The monoisotopic (exact) mass is 400 g/mol. The van der Waals surface area contributed by atoms with E-state index in [9.17, 15) is 13.2 Å². The molecule has 0 aromatic heterocycles. The lowest BCUT2D eigenvalue weighted by molar-refractivity contribution is 0.0730. The molecule has 2 heterocycles. The number of hydrogen-bond donors (Lipinski definition) is 0. The van der Waals surface area contributed by atoms with Crippen LogP contribution in [0, 0.1) is 6.92 Å². The minimum Gasteiger partial charge on any atom is -0.379 e. The van der Waals surface area contributed by atoms with Crippen LogP contribution in [0.1, 0.15) is 28.4 Å². The van der Waals surface area contributed by atoms with Crippen LogP contribution in [0.4, 0.5) is 5.69 Å². The number of nitrogens with zero attached hydrogens (tertiary/aromatic N) is 2. The topological polar surface area (TPSA) is 66.9 Å². The van der Waals surface area contributed by atoms with Gasteiger partial charge in [0.25, 0.3) is 5.91 Å². The van der Waals surface area contributed by atoms with E-state index in [4.69, 9.17) is 4.74 Å². The van der Waals surface area contributed by atoms with Gasteiger partial charge in [-0.15, -0.1) is 0 Å². The molecule has 0 bridgehead atoms. The van der Waals surface area contributed by atoms with E-state index in [1.54, 1.807) is 17.0 Å². The Hall–Kier alpha value is -2.22. The number of sulfonamides is 1. The molecule has 2 aromatic rings. The van der Waals surface area contributed by atoms with Gasteiger partial charge in [-0.1, -0.05) is 24.3 Å². The van der Waals surface area contributed by atoms with E-state index in [-0.39, 0.29) is 16.8 Å². The fourth-order valence-corrected chi connectivity index (χ4v) is 5.37. The highest BCUT2D eigenvalue weighted by Crippen LogP contribution is 2.34. The Morgan fingerprint density at radius 2 is 1.82 bits per heavy atom. The summed E-state index contributed by atoms with van der Waals surface area (Å²) in [7, 11) is -3.65. The molecular weight excluding hydrogens is 376 g/mol. The van der Waals surface area contributed by atoms with Crippen molar-refractivity contribution in [2.24, 2.45) is 0 Å². The third-order valence-electron chi connectivity index (χ3n) is 5.47. The Morgan fingerprint density at radius 1 is 1.11 bits per heavy atom. The SMILES string of the molecule is Cc1ccc(S(=O)(=O)N2CCOCC2)cc1C(=O)N1c2ccccc2C[C@H]1C. The lowest BCUT2D eigenvalue weighted by Crippen LogP contribution is -2.40. The highest BCUT2D eigenvalue weighted by molar-refractivity contribution is 7.89. The molecule has 2 aliphatic rings. The van der Waals surface area contributed by atoms with Crippen LogP contribution >= 0.6 is 0 Å². The second-order valence-corrected chi connectivity index (χ2v) is 9.29. The number of carbonyl (C=O) groups is 1. The maximum Gasteiger partial charge on any atom is 0.258 e. The Labute approximate surface area is 165 Å². The molecule has 1 fully saturated rings. The highest BCUT2D eigenvalue weighted by Gasteiger charge is 2.33. The fourth-order valence-electron chi connectivity index (χ4n) is 3.93. The van der Waals surface area contributed by atoms with E-state index < -0.39 is 10.0 Å². The number of ether oxygens (including phenoxy) is 1. The second-order valence-electron chi connectivity index (χ2n) is 7.35. The van der Waals surface area contributed by atoms with Crippen molar-refractivity contribution in [2.45, 2.75) is 31.2 Å². The quantitative estimate of drug-likeness (QED) is 0.794. The highest BCUT2D eigenvalue weighted by atomic mass is 32.2. The van der Waals surface area contributed by atoms with Crippen molar-refractivity contribution in [1.82, 2.24) is 4.31 Å². The molecule has 4 rings (SSSR count). The summed E-state index contributed by atoms with van der Waals surface area (Å²) >= 11 is 0. The molecule has 0 N–H and O–H groups in total. The average Bonchev–Trinajstić information content (AvgIpc) is 3.04. The summed E-state index contributed by atoms with van der Waals surface area (Å²) in [6, 6.07) is 12.7. The number of carbonyl (C=O) groups excluding carboxylic acids is 1. The maximum absolute atomic E-state index is 13.4. The van der Waals surface area contributed by atoms with E-state index in [1.165, 1.54) is 10.4 Å². The molecule has 0 saturated carbocycles. The maximum atomic E-state index is 13.4. The van der Waals surface area contributed by atoms with Crippen LogP contribution in [0.2, 0.25) is 0 Å². The van der Waals surface area contributed by atoms with Gasteiger partial charge in [-0.2, -0.15) is 4.31 Å². The number of morpholine rings is 1. The first-order valence-electron chi connectivity index (χ1n) is 9.49. The first-order valence-corrected chi connectivity index (χ1v) is 10.9. The predicted molar refractivity (Wildman–Crippen MR) is 107 cm³/mol. The summed E-state index contributed by atoms with van der Waals surface area (Å²) in [5.41, 5.74) is 3.24. The van der Waals surface area contributed by atoms with Crippen molar-refractivity contribution in [1.29, 1.82) is 0 Å². The van der Waals surface area contributed by atoms with Crippen LogP contribution in [0.5, 0.6) is 0 Å². The van der Waals surface area contributed by atoms with Gasteiger partial charge in [0.15, 0.2) is 0 Å². The van der Waals surface area contributed by atoms with Gasteiger partial charge in [-0.05, 0) is 49.6 Å². The van der Waals surface area contributed by atoms with Crippen LogP contribution in [0.15, 0.2) is 47.4 Å². The summed E-state index contributed by atoms with van der Waals surface area (Å²) in [6.07, 6.45) is 0.798. The molecule has 1 saturated heterocycles. The van der Waals surface area contributed by atoms with Crippen LogP contribution in [0.25, 0.3) is 0 Å². The molecule has 2 aromatic carbocycles. The van der Waals surface area contributed by atoms with Crippen molar-refractivity contribution in [2.75, 3.05) is 31.2 Å². The minimum absolute atomic E-state index is 0.0313. The van der Waals surface area contributed by atoms with Crippen LogP contribution in [-0.4, -0.2) is 51.0 Å². The van der Waals surface area contributed by atoms with Gasteiger partial charge in [-0.25, -0.2) is 8.42 Å². The van der Waals surface area contributed by atoms with Crippen LogP contribution in [0.3, 0.4) is 0 Å². The molecule has 7 heteroatoms. The van der Waals surface area contributed by atoms with Gasteiger partial charge in [0.2, 0.25) is 10.0 Å². The molecule has 28 heavy (non-hydrogen) atoms. The normalized spacial score (nSPS) is 20.2. The molecule has 0 spiro atoms. The molecule has 0 unspecified atom stereocenters. The standard InChI is InChI=1S/C21H24N2O4S/c1-15-7-8-18(28(25,26)22-9-11-27-12-10-22)14-19(15)21(24)23-16(2)13-17-5-3-4-6-20(17)23/h3-8,14,16H,9-13H2,1-2H3/t16-/m1/s1. The zero-order valence-corrected chi connectivity index (χ0v) is 16.9. The van der Waals surface area contributed by atoms with Gasteiger partial charge >= 0.3 is 0 Å². The molecule has 1 atom stereocenters. The lowest BCUT2D eigenvalue weighted by Gasteiger charge is -2.27. The Bertz CT molecular complexity index is 1010. The van der Waals surface area contributed by atoms with Crippen LogP contribution in [-0.2, 0) is 21.2 Å². The van der Waals surface area contributed by atoms with Crippen molar-refractivity contribution in [3.05, 3.63) is 59.2 Å². The number of hydrogen-bond acceptors (Lipinski definition) is 4. The fraction of sp³-hybridized carbons (Fsp3) is 0.381. The zero-order valence-electron chi connectivity index (χ0n) is 16.1. The minimum atomic E-state index is -3.65. The molecule has 0 radical (unpaired) electrons. The van der Waals surface area contributed by atoms with E-state index in [0.717, 1.165) is 23.2 Å². The van der Waals surface area contributed by atoms with Gasteiger partial charge in [-0.3, -0.25) is 4.79 Å². The van der Waals surface area contributed by atoms with Crippen molar-refractivity contribution < 1.29 is 17.9 Å². The van der Waals surface area contributed by atoms with Gasteiger partial charge in [0, 0.05) is 30.4 Å². The summed E-state index contributed by atoms with van der Waals surface area (Å²) in [6.45, 7) is 5.29. The number of anilines is 1. The summed E-state index contributed by atoms with van der Waals surface area (Å²) in [5.74, 6) is -0.158. The molecular formula is C21H24N2O4S.